The molecule has 0 saturated carbocycles. The third kappa shape index (κ3) is 2.25. The molecule has 0 unspecified atom stereocenters. The predicted molar refractivity (Wildman–Crippen MR) is 65.0 cm³/mol. The summed E-state index contributed by atoms with van der Waals surface area (Å²) in [6, 6.07) is 3.52. The molecular weight excluding hydrogens is 256 g/mol. The molecular formula is C11H11ClN4O2. The molecule has 0 radical (unpaired) electrons. The number of aldehydes is 1. The van der Waals surface area contributed by atoms with Gasteiger partial charge in [0.05, 0.1) is 17.9 Å². The molecule has 7 heteroatoms. The molecule has 0 spiro atoms. The largest absolute Gasteiger partial charge is 0.378 e. The summed E-state index contributed by atoms with van der Waals surface area (Å²) in [7, 11) is 1.52. The molecule has 2 aromatic heterocycles. The van der Waals surface area contributed by atoms with Crippen molar-refractivity contribution in [2.75, 3.05) is 7.11 Å². The van der Waals surface area contributed by atoms with Crippen molar-refractivity contribution in [3.63, 3.8) is 0 Å². The lowest BCUT2D eigenvalue weighted by molar-refractivity contribution is 0.111. The molecule has 0 aliphatic rings. The van der Waals surface area contributed by atoms with E-state index in [2.05, 4.69) is 15.3 Å². The summed E-state index contributed by atoms with van der Waals surface area (Å²) < 4.78 is 6.33. The lowest BCUT2D eigenvalue weighted by atomic mass is 10.3. The minimum Gasteiger partial charge on any atom is -0.378 e. The molecule has 0 aliphatic heterocycles. The van der Waals surface area contributed by atoms with E-state index in [-0.39, 0.29) is 11.8 Å². The molecule has 0 aromatic carbocycles. The van der Waals surface area contributed by atoms with E-state index in [4.69, 9.17) is 16.3 Å². The van der Waals surface area contributed by atoms with Crippen molar-refractivity contribution in [3.8, 4) is 5.82 Å². The molecule has 94 valence electrons. The maximum atomic E-state index is 11.0. The van der Waals surface area contributed by atoms with Gasteiger partial charge in [0, 0.05) is 7.11 Å². The van der Waals surface area contributed by atoms with Crippen molar-refractivity contribution < 1.29 is 9.53 Å². The van der Waals surface area contributed by atoms with Crippen LogP contribution < -0.4 is 0 Å². The number of methoxy groups -OCH3 is 1. The number of ether oxygens (including phenoxy) is 1. The van der Waals surface area contributed by atoms with Gasteiger partial charge in [0.2, 0.25) is 0 Å². The second-order valence-electron chi connectivity index (χ2n) is 3.65. The molecule has 0 atom stereocenters. The molecule has 2 rings (SSSR count). The number of aromatic nitrogens is 4. The standard InChI is InChI=1S/C11H11ClN4O2/c1-7-3-4-10(14-13-7)16-11(12)8(5-17)9(15-16)6-18-2/h3-5H,6H2,1-2H3. The third-order valence-electron chi connectivity index (χ3n) is 2.34. The quantitative estimate of drug-likeness (QED) is 0.786. The summed E-state index contributed by atoms with van der Waals surface area (Å²) in [5, 5.41) is 12.3. The Labute approximate surface area is 109 Å². The number of hydrogen-bond acceptors (Lipinski definition) is 5. The monoisotopic (exact) mass is 266 g/mol. The van der Waals surface area contributed by atoms with Gasteiger partial charge < -0.3 is 4.74 Å². The van der Waals surface area contributed by atoms with Gasteiger partial charge in [-0.15, -0.1) is 5.10 Å². The molecule has 0 bridgehead atoms. The number of halogens is 1. The highest BCUT2D eigenvalue weighted by atomic mass is 35.5. The zero-order valence-corrected chi connectivity index (χ0v) is 10.7. The number of nitrogens with zero attached hydrogens (tertiary/aromatic N) is 4. The number of aryl methyl sites for hydroxylation is 1. The van der Waals surface area contributed by atoms with Crippen LogP contribution in [-0.4, -0.2) is 33.4 Å². The van der Waals surface area contributed by atoms with E-state index < -0.39 is 0 Å². The van der Waals surface area contributed by atoms with Crippen LogP contribution in [0.25, 0.3) is 5.82 Å². The van der Waals surface area contributed by atoms with Crippen molar-refractivity contribution in [1.82, 2.24) is 20.0 Å². The van der Waals surface area contributed by atoms with Crippen LogP contribution in [0.15, 0.2) is 12.1 Å². The molecule has 0 aliphatic carbocycles. The first kappa shape index (κ1) is 12.7. The number of hydrogen-bond donors (Lipinski definition) is 0. The zero-order valence-electron chi connectivity index (χ0n) is 9.92. The molecule has 18 heavy (non-hydrogen) atoms. The molecule has 6 nitrogen and oxygen atoms in total. The van der Waals surface area contributed by atoms with Crippen LogP contribution >= 0.6 is 11.6 Å². The topological polar surface area (TPSA) is 69.9 Å². The zero-order chi connectivity index (χ0) is 13.1. The average Bonchev–Trinajstić information content (AvgIpc) is 2.67. The summed E-state index contributed by atoms with van der Waals surface area (Å²) in [5.41, 5.74) is 1.57. The molecule has 0 amide bonds. The van der Waals surface area contributed by atoms with E-state index in [1.165, 1.54) is 11.8 Å². The SMILES string of the molecule is COCc1nn(-c2ccc(C)nn2)c(Cl)c1C=O. The van der Waals surface area contributed by atoms with Gasteiger partial charge in [-0.25, -0.2) is 4.68 Å². The molecule has 0 saturated heterocycles. The van der Waals surface area contributed by atoms with Crippen molar-refractivity contribution >= 4 is 17.9 Å². The van der Waals surface area contributed by atoms with E-state index in [0.29, 0.717) is 23.4 Å². The Morgan fingerprint density at radius 3 is 2.78 bits per heavy atom. The fraction of sp³-hybridized carbons (Fsp3) is 0.273. The van der Waals surface area contributed by atoms with Crippen LogP contribution in [0, 0.1) is 6.92 Å². The summed E-state index contributed by atoms with van der Waals surface area (Å²) in [6.45, 7) is 2.04. The molecule has 2 aromatic rings. The van der Waals surface area contributed by atoms with Crippen molar-refractivity contribution in [2.45, 2.75) is 13.5 Å². The number of carbonyl (C=O) groups excluding carboxylic acids is 1. The van der Waals surface area contributed by atoms with Crippen LogP contribution in [0.5, 0.6) is 0 Å². The van der Waals surface area contributed by atoms with Gasteiger partial charge in [0.15, 0.2) is 12.1 Å². The van der Waals surface area contributed by atoms with E-state index in [0.717, 1.165) is 5.69 Å². The molecule has 0 fully saturated rings. The Morgan fingerprint density at radius 2 is 2.22 bits per heavy atom. The second-order valence-corrected chi connectivity index (χ2v) is 4.00. The summed E-state index contributed by atoms with van der Waals surface area (Å²) in [6.07, 6.45) is 0.655. The van der Waals surface area contributed by atoms with Crippen LogP contribution in [0.2, 0.25) is 5.15 Å². The van der Waals surface area contributed by atoms with E-state index in [1.54, 1.807) is 12.1 Å². The van der Waals surface area contributed by atoms with Gasteiger partial charge in [0.1, 0.15) is 10.8 Å². The number of carbonyl (C=O) groups is 1. The van der Waals surface area contributed by atoms with Crippen LogP contribution in [0.1, 0.15) is 21.7 Å². The Bertz CT molecular complexity index is 565. The second kappa shape index (κ2) is 5.24. The smallest absolute Gasteiger partial charge is 0.177 e. The minimum absolute atomic E-state index is 0.204. The first-order chi connectivity index (χ1) is 8.67. The van der Waals surface area contributed by atoms with Gasteiger partial charge in [-0.3, -0.25) is 4.79 Å². The fourth-order valence-electron chi connectivity index (χ4n) is 1.47. The lowest BCUT2D eigenvalue weighted by Crippen LogP contribution is -2.02. The molecule has 2 heterocycles. The highest BCUT2D eigenvalue weighted by Crippen LogP contribution is 2.21. The highest BCUT2D eigenvalue weighted by molar-refractivity contribution is 6.32. The van der Waals surface area contributed by atoms with E-state index in [1.807, 2.05) is 6.92 Å². The normalized spacial score (nSPS) is 10.6. The molecule has 0 N–H and O–H groups in total. The van der Waals surface area contributed by atoms with E-state index in [9.17, 15) is 4.79 Å². The first-order valence-corrected chi connectivity index (χ1v) is 5.57. The van der Waals surface area contributed by atoms with Crippen molar-refractivity contribution in [1.29, 1.82) is 0 Å². The van der Waals surface area contributed by atoms with Crippen molar-refractivity contribution in [3.05, 3.63) is 34.2 Å². The highest BCUT2D eigenvalue weighted by Gasteiger charge is 2.17. The van der Waals surface area contributed by atoms with Gasteiger partial charge in [0.25, 0.3) is 0 Å². The van der Waals surface area contributed by atoms with Gasteiger partial charge >= 0.3 is 0 Å². The summed E-state index contributed by atoms with van der Waals surface area (Å²) in [5.74, 6) is 0.455. The van der Waals surface area contributed by atoms with Gasteiger partial charge in [-0.1, -0.05) is 11.6 Å². The van der Waals surface area contributed by atoms with Gasteiger partial charge in [-0.2, -0.15) is 10.2 Å². The predicted octanol–water partition coefficient (Wildman–Crippen LogP) is 1.58. The number of rotatable bonds is 4. The summed E-state index contributed by atoms with van der Waals surface area (Å²) in [4.78, 5) is 11.0. The van der Waals surface area contributed by atoms with Crippen LogP contribution in [0.3, 0.4) is 0 Å². The average molecular weight is 267 g/mol. The third-order valence-corrected chi connectivity index (χ3v) is 2.70. The maximum absolute atomic E-state index is 11.0. The lowest BCUT2D eigenvalue weighted by Gasteiger charge is -2.00. The fourth-order valence-corrected chi connectivity index (χ4v) is 1.75. The Hall–Kier alpha value is -1.79. The Balaban J connectivity index is 2.51. The van der Waals surface area contributed by atoms with Crippen molar-refractivity contribution in [2.24, 2.45) is 0 Å². The minimum atomic E-state index is 0.204. The Kier molecular flexibility index (Phi) is 3.69. The van der Waals surface area contributed by atoms with Crippen LogP contribution in [0.4, 0.5) is 0 Å². The Morgan fingerprint density at radius 1 is 1.44 bits per heavy atom. The van der Waals surface area contributed by atoms with Crippen LogP contribution in [-0.2, 0) is 11.3 Å². The van der Waals surface area contributed by atoms with E-state index >= 15 is 0 Å². The summed E-state index contributed by atoms with van der Waals surface area (Å²) >= 11 is 6.09. The first-order valence-electron chi connectivity index (χ1n) is 5.19. The maximum Gasteiger partial charge on any atom is 0.177 e. The van der Waals surface area contributed by atoms with Gasteiger partial charge in [-0.05, 0) is 19.1 Å².